The van der Waals surface area contributed by atoms with Crippen molar-refractivity contribution in [3.05, 3.63) is 34.1 Å². The number of rotatable bonds is 3. The van der Waals surface area contributed by atoms with Gasteiger partial charge in [0, 0.05) is 6.07 Å². The molecule has 7 heteroatoms. The Balaban J connectivity index is 2.09. The van der Waals surface area contributed by atoms with Crippen LogP contribution in [0.3, 0.4) is 0 Å². The highest BCUT2D eigenvalue weighted by Crippen LogP contribution is 2.26. The zero-order chi connectivity index (χ0) is 12.4. The van der Waals surface area contributed by atoms with Crippen LogP contribution in [0.4, 0.5) is 5.69 Å². The van der Waals surface area contributed by atoms with E-state index in [4.69, 9.17) is 5.11 Å². The Morgan fingerprint density at radius 1 is 1.53 bits per heavy atom. The van der Waals surface area contributed by atoms with Gasteiger partial charge in [-0.15, -0.1) is 0 Å². The molecule has 1 saturated heterocycles. The first-order chi connectivity index (χ1) is 8.08. The van der Waals surface area contributed by atoms with Crippen LogP contribution in [0.5, 0.6) is 0 Å². The fourth-order valence-corrected chi connectivity index (χ4v) is 1.88. The zero-order valence-corrected chi connectivity index (χ0v) is 8.87. The van der Waals surface area contributed by atoms with Gasteiger partial charge in [-0.1, -0.05) is 0 Å². The molecular weight excluding hydrogens is 226 g/mol. The molecule has 1 aromatic rings. The van der Waals surface area contributed by atoms with Crippen molar-refractivity contribution in [3.63, 3.8) is 0 Å². The van der Waals surface area contributed by atoms with Crippen LogP contribution in [0.25, 0.3) is 0 Å². The molecular formula is C10H11N3O4. The lowest BCUT2D eigenvalue weighted by Gasteiger charge is -2.10. The number of hydrogen-bond acceptors (Lipinski definition) is 5. The molecule has 17 heavy (non-hydrogen) atoms. The molecule has 90 valence electrons. The Bertz CT molecular complexity index is 445. The summed E-state index contributed by atoms with van der Waals surface area (Å²) in [5.41, 5.74) is 0.570. The molecule has 0 radical (unpaired) electrons. The Hall–Kier alpha value is -2.02. The third-order valence-corrected chi connectivity index (χ3v) is 2.78. The second kappa shape index (κ2) is 4.46. The number of aromatic nitrogens is 1. The van der Waals surface area contributed by atoms with E-state index in [1.54, 1.807) is 6.07 Å². The number of carboxylic acids is 1. The second-order valence-electron chi connectivity index (χ2n) is 3.89. The predicted molar refractivity (Wildman–Crippen MR) is 57.4 cm³/mol. The third-order valence-electron chi connectivity index (χ3n) is 2.78. The van der Waals surface area contributed by atoms with Crippen LogP contribution >= 0.6 is 0 Å². The molecule has 1 fully saturated rings. The van der Waals surface area contributed by atoms with E-state index < -0.39 is 16.9 Å². The molecule has 1 aromatic heterocycles. The van der Waals surface area contributed by atoms with E-state index in [-0.39, 0.29) is 11.7 Å². The SMILES string of the molecule is O=C(O)[C@H]1CC[C@H](c2ccc([N+](=O)[O-])cn2)N1. The van der Waals surface area contributed by atoms with Gasteiger partial charge < -0.3 is 5.11 Å². The standard InChI is InChI=1S/C10H11N3O4/c14-10(15)9-4-3-8(12-9)7-2-1-6(5-11-7)13(16)17/h1-2,5,8-9,12H,3-4H2,(H,14,15)/t8-,9-/m1/s1. The molecule has 2 N–H and O–H groups in total. The second-order valence-corrected chi connectivity index (χ2v) is 3.89. The topological polar surface area (TPSA) is 105 Å². The minimum absolute atomic E-state index is 0.0680. The van der Waals surface area contributed by atoms with E-state index in [1.807, 2.05) is 0 Å². The first kappa shape index (κ1) is 11.5. The smallest absolute Gasteiger partial charge is 0.320 e. The molecule has 0 aliphatic carbocycles. The van der Waals surface area contributed by atoms with Gasteiger partial charge in [0.25, 0.3) is 5.69 Å². The number of hydrogen-bond donors (Lipinski definition) is 2. The highest BCUT2D eigenvalue weighted by atomic mass is 16.6. The minimum atomic E-state index is -0.880. The van der Waals surface area contributed by atoms with Crippen LogP contribution in [-0.2, 0) is 4.79 Å². The van der Waals surface area contributed by atoms with Gasteiger partial charge in [0.05, 0.1) is 16.7 Å². The summed E-state index contributed by atoms with van der Waals surface area (Å²) in [5, 5.41) is 22.2. The molecule has 7 nitrogen and oxygen atoms in total. The van der Waals surface area contributed by atoms with E-state index in [2.05, 4.69) is 10.3 Å². The van der Waals surface area contributed by atoms with Crippen molar-refractivity contribution in [3.8, 4) is 0 Å². The van der Waals surface area contributed by atoms with Gasteiger partial charge in [0.1, 0.15) is 12.2 Å². The van der Waals surface area contributed by atoms with Crippen LogP contribution in [0, 0.1) is 10.1 Å². The summed E-state index contributed by atoms with van der Waals surface area (Å²) in [5.74, 6) is -0.880. The maximum absolute atomic E-state index is 10.7. The average molecular weight is 237 g/mol. The summed E-state index contributed by atoms with van der Waals surface area (Å²) in [6, 6.07) is 2.23. The van der Waals surface area contributed by atoms with Crippen LogP contribution in [0.2, 0.25) is 0 Å². The quantitative estimate of drug-likeness (QED) is 0.596. The van der Waals surface area contributed by atoms with Crippen molar-refractivity contribution in [2.45, 2.75) is 24.9 Å². The van der Waals surface area contributed by atoms with E-state index >= 15 is 0 Å². The minimum Gasteiger partial charge on any atom is -0.480 e. The largest absolute Gasteiger partial charge is 0.480 e. The first-order valence-corrected chi connectivity index (χ1v) is 5.17. The third kappa shape index (κ3) is 2.39. The van der Waals surface area contributed by atoms with Crippen LogP contribution in [0.15, 0.2) is 18.3 Å². The highest BCUT2D eigenvalue weighted by molar-refractivity contribution is 5.73. The number of aliphatic carboxylic acids is 1. The van der Waals surface area contributed by atoms with Gasteiger partial charge in [-0.05, 0) is 18.9 Å². The Labute approximate surface area is 96.6 Å². The molecule has 0 saturated carbocycles. The van der Waals surface area contributed by atoms with E-state index in [0.29, 0.717) is 18.5 Å². The number of carboxylic acid groups (broad SMARTS) is 1. The number of carbonyl (C=O) groups is 1. The lowest BCUT2D eigenvalue weighted by Crippen LogP contribution is -2.32. The number of pyridine rings is 1. The molecule has 1 aliphatic heterocycles. The van der Waals surface area contributed by atoms with Crippen molar-refractivity contribution in [2.75, 3.05) is 0 Å². The molecule has 2 atom stereocenters. The molecule has 1 aliphatic rings. The molecule has 2 rings (SSSR count). The van der Waals surface area contributed by atoms with Gasteiger partial charge in [-0.25, -0.2) is 0 Å². The Morgan fingerprint density at radius 3 is 2.76 bits per heavy atom. The molecule has 0 spiro atoms. The number of nitrogens with zero attached hydrogens (tertiary/aromatic N) is 2. The van der Waals surface area contributed by atoms with Crippen LogP contribution < -0.4 is 5.32 Å². The van der Waals surface area contributed by atoms with Crippen molar-refractivity contribution in [1.29, 1.82) is 0 Å². The van der Waals surface area contributed by atoms with Gasteiger partial charge >= 0.3 is 5.97 Å². The zero-order valence-electron chi connectivity index (χ0n) is 8.87. The molecule has 0 amide bonds. The molecule has 0 unspecified atom stereocenters. The van der Waals surface area contributed by atoms with E-state index in [1.165, 1.54) is 12.3 Å². The monoisotopic (exact) mass is 237 g/mol. The fraction of sp³-hybridized carbons (Fsp3) is 0.400. The van der Waals surface area contributed by atoms with Gasteiger partial charge in [0.15, 0.2) is 0 Å². The molecule has 2 heterocycles. The summed E-state index contributed by atoms with van der Waals surface area (Å²) in [6.07, 6.45) is 2.39. The normalized spacial score (nSPS) is 23.5. The molecule has 0 aromatic carbocycles. The van der Waals surface area contributed by atoms with E-state index in [9.17, 15) is 14.9 Å². The summed E-state index contributed by atoms with van der Waals surface area (Å²) in [6.45, 7) is 0. The van der Waals surface area contributed by atoms with Crippen molar-refractivity contribution < 1.29 is 14.8 Å². The first-order valence-electron chi connectivity index (χ1n) is 5.17. The van der Waals surface area contributed by atoms with Crippen molar-refractivity contribution in [1.82, 2.24) is 10.3 Å². The van der Waals surface area contributed by atoms with Gasteiger partial charge in [-0.3, -0.25) is 25.2 Å². The summed E-state index contributed by atoms with van der Waals surface area (Å²) in [4.78, 5) is 24.7. The average Bonchev–Trinajstić information content (AvgIpc) is 2.78. The lowest BCUT2D eigenvalue weighted by atomic mass is 10.1. The van der Waals surface area contributed by atoms with Gasteiger partial charge in [-0.2, -0.15) is 0 Å². The van der Waals surface area contributed by atoms with Gasteiger partial charge in [0.2, 0.25) is 0 Å². The van der Waals surface area contributed by atoms with Crippen molar-refractivity contribution in [2.24, 2.45) is 0 Å². The summed E-state index contributed by atoms with van der Waals surface area (Å²) in [7, 11) is 0. The highest BCUT2D eigenvalue weighted by Gasteiger charge is 2.30. The predicted octanol–water partition coefficient (Wildman–Crippen LogP) is 0.867. The van der Waals surface area contributed by atoms with Crippen LogP contribution in [0.1, 0.15) is 24.6 Å². The summed E-state index contributed by atoms with van der Waals surface area (Å²) < 4.78 is 0. The maximum atomic E-state index is 10.7. The van der Waals surface area contributed by atoms with Crippen molar-refractivity contribution >= 4 is 11.7 Å². The Morgan fingerprint density at radius 2 is 2.29 bits per heavy atom. The fourth-order valence-electron chi connectivity index (χ4n) is 1.88. The molecule has 0 bridgehead atoms. The Kier molecular flexibility index (Phi) is 3.01. The lowest BCUT2D eigenvalue weighted by molar-refractivity contribution is -0.385. The summed E-state index contributed by atoms with van der Waals surface area (Å²) >= 11 is 0. The number of nitrogens with one attached hydrogen (secondary N) is 1. The maximum Gasteiger partial charge on any atom is 0.320 e. The van der Waals surface area contributed by atoms with E-state index in [0.717, 1.165) is 0 Å². The van der Waals surface area contributed by atoms with Crippen LogP contribution in [-0.4, -0.2) is 27.0 Å². The number of nitro groups is 1.